The van der Waals surface area contributed by atoms with E-state index in [2.05, 4.69) is 15.0 Å². The van der Waals surface area contributed by atoms with E-state index in [1.165, 1.54) is 16.9 Å². The van der Waals surface area contributed by atoms with Gasteiger partial charge in [-0.05, 0) is 48.9 Å². The van der Waals surface area contributed by atoms with E-state index < -0.39 is 10.0 Å². The zero-order valence-electron chi connectivity index (χ0n) is 13.1. The Bertz CT molecular complexity index is 817. The van der Waals surface area contributed by atoms with E-state index in [0.29, 0.717) is 5.13 Å². The minimum Gasteiger partial charge on any atom is -0.302 e. The number of hydrogen-bond acceptors (Lipinski definition) is 5. The van der Waals surface area contributed by atoms with Crippen LogP contribution in [0.3, 0.4) is 0 Å². The smallest absolute Gasteiger partial charge is 0.240 e. The lowest BCUT2D eigenvalue weighted by atomic mass is 9.92. The molecule has 1 aromatic carbocycles. The first kappa shape index (κ1) is 17.1. The van der Waals surface area contributed by atoms with Crippen LogP contribution >= 0.6 is 11.3 Å². The molecule has 0 radical (unpaired) electrons. The highest BCUT2D eigenvalue weighted by atomic mass is 32.2. The summed E-state index contributed by atoms with van der Waals surface area (Å²) in [5.74, 6) is -0.266. The van der Waals surface area contributed by atoms with Crippen molar-refractivity contribution in [3.63, 3.8) is 0 Å². The molecule has 1 aromatic heterocycles. The number of carbonyl (C=O) groups is 1. The SMILES string of the molecule is O=C(CCNS(=O)(=O)c1ccc2c(c1)CCCC2)Nc1nccs1. The van der Waals surface area contributed by atoms with Gasteiger partial charge in [-0.2, -0.15) is 0 Å². The van der Waals surface area contributed by atoms with Crippen molar-refractivity contribution in [2.45, 2.75) is 37.0 Å². The molecule has 0 aliphatic heterocycles. The van der Waals surface area contributed by atoms with Crippen LogP contribution in [0.2, 0.25) is 0 Å². The van der Waals surface area contributed by atoms with Gasteiger partial charge < -0.3 is 5.32 Å². The molecule has 24 heavy (non-hydrogen) atoms. The Hall–Kier alpha value is -1.77. The lowest BCUT2D eigenvalue weighted by Gasteiger charge is -2.16. The van der Waals surface area contributed by atoms with Gasteiger partial charge >= 0.3 is 0 Å². The van der Waals surface area contributed by atoms with E-state index in [1.54, 1.807) is 23.7 Å². The molecule has 0 spiro atoms. The fourth-order valence-corrected chi connectivity index (χ4v) is 4.35. The van der Waals surface area contributed by atoms with Crippen molar-refractivity contribution in [1.82, 2.24) is 9.71 Å². The van der Waals surface area contributed by atoms with Crippen LogP contribution in [-0.2, 0) is 27.7 Å². The molecule has 1 aliphatic rings. The summed E-state index contributed by atoms with van der Waals surface area (Å²) in [6.07, 6.45) is 5.85. The number of nitrogens with zero attached hydrogens (tertiary/aromatic N) is 1. The molecule has 3 rings (SSSR count). The first-order valence-electron chi connectivity index (χ1n) is 7.85. The molecular weight excluding hydrogens is 346 g/mol. The fourth-order valence-electron chi connectivity index (χ4n) is 2.73. The Balaban J connectivity index is 1.57. The Morgan fingerprint density at radius 3 is 2.75 bits per heavy atom. The number of nitrogens with one attached hydrogen (secondary N) is 2. The van der Waals surface area contributed by atoms with E-state index in [9.17, 15) is 13.2 Å². The third kappa shape index (κ3) is 4.19. The number of amides is 1. The summed E-state index contributed by atoms with van der Waals surface area (Å²) < 4.78 is 27.2. The second-order valence-corrected chi connectivity index (χ2v) is 8.33. The summed E-state index contributed by atoms with van der Waals surface area (Å²) in [7, 11) is -3.59. The Morgan fingerprint density at radius 2 is 2.00 bits per heavy atom. The summed E-state index contributed by atoms with van der Waals surface area (Å²) in [5, 5.41) is 4.89. The van der Waals surface area contributed by atoms with Crippen molar-refractivity contribution >= 4 is 32.4 Å². The van der Waals surface area contributed by atoms with Crippen molar-refractivity contribution < 1.29 is 13.2 Å². The number of anilines is 1. The molecule has 0 unspecified atom stereocenters. The summed E-state index contributed by atoms with van der Waals surface area (Å²) in [6, 6.07) is 5.30. The number of aromatic nitrogens is 1. The Morgan fingerprint density at radius 1 is 1.21 bits per heavy atom. The van der Waals surface area contributed by atoms with Crippen molar-refractivity contribution in [3.8, 4) is 0 Å². The third-order valence-electron chi connectivity index (χ3n) is 3.95. The number of benzene rings is 1. The maximum absolute atomic E-state index is 12.4. The molecule has 0 atom stereocenters. The summed E-state index contributed by atoms with van der Waals surface area (Å²) in [5.41, 5.74) is 2.36. The molecule has 0 saturated carbocycles. The van der Waals surface area contributed by atoms with Crippen molar-refractivity contribution in [3.05, 3.63) is 40.9 Å². The van der Waals surface area contributed by atoms with Crippen LogP contribution in [0.1, 0.15) is 30.4 Å². The Kier molecular flexibility index (Phi) is 5.27. The number of thiazole rings is 1. The van der Waals surface area contributed by atoms with Crippen LogP contribution in [0, 0.1) is 0 Å². The van der Waals surface area contributed by atoms with Crippen LogP contribution in [-0.4, -0.2) is 25.9 Å². The molecule has 2 N–H and O–H groups in total. The molecule has 2 aromatic rings. The molecule has 0 saturated heterocycles. The van der Waals surface area contributed by atoms with Crippen LogP contribution in [0.15, 0.2) is 34.7 Å². The minimum atomic E-state index is -3.59. The summed E-state index contributed by atoms with van der Waals surface area (Å²) in [6.45, 7) is 0.0522. The quantitative estimate of drug-likeness (QED) is 0.822. The molecule has 1 amide bonds. The molecular formula is C16H19N3O3S2. The summed E-state index contributed by atoms with van der Waals surface area (Å²) in [4.78, 5) is 16.0. The number of hydrogen-bond donors (Lipinski definition) is 2. The standard InChI is InChI=1S/C16H19N3O3S2/c20-15(19-16-17-9-10-23-16)7-8-18-24(21,22)14-6-5-12-3-1-2-4-13(12)11-14/h5-6,9-11,18H,1-4,7-8H2,(H,17,19,20). The highest BCUT2D eigenvalue weighted by Gasteiger charge is 2.17. The molecule has 0 fully saturated rings. The highest BCUT2D eigenvalue weighted by Crippen LogP contribution is 2.24. The largest absolute Gasteiger partial charge is 0.302 e. The van der Waals surface area contributed by atoms with E-state index >= 15 is 0 Å². The second-order valence-electron chi connectivity index (χ2n) is 5.67. The monoisotopic (exact) mass is 365 g/mol. The predicted octanol–water partition coefficient (Wildman–Crippen LogP) is 2.33. The number of fused-ring (bicyclic) bond motifs is 1. The van der Waals surface area contributed by atoms with Gasteiger partial charge in [0.2, 0.25) is 15.9 Å². The number of carbonyl (C=O) groups excluding carboxylic acids is 1. The topological polar surface area (TPSA) is 88.2 Å². The van der Waals surface area contributed by atoms with Crippen LogP contribution in [0.5, 0.6) is 0 Å². The van der Waals surface area contributed by atoms with Crippen LogP contribution in [0.4, 0.5) is 5.13 Å². The number of aryl methyl sites for hydroxylation is 2. The first-order chi connectivity index (χ1) is 11.5. The van der Waals surface area contributed by atoms with Gasteiger partial charge in [-0.1, -0.05) is 6.07 Å². The van der Waals surface area contributed by atoms with Crippen LogP contribution < -0.4 is 10.0 Å². The minimum absolute atomic E-state index is 0.0522. The van der Waals surface area contributed by atoms with E-state index in [-0.39, 0.29) is 23.8 Å². The van der Waals surface area contributed by atoms with Gasteiger partial charge in [-0.15, -0.1) is 11.3 Å². The number of rotatable bonds is 6. The molecule has 1 aliphatic carbocycles. The van der Waals surface area contributed by atoms with Crippen LogP contribution in [0.25, 0.3) is 0 Å². The first-order valence-corrected chi connectivity index (χ1v) is 10.2. The second kappa shape index (κ2) is 7.42. The van der Waals surface area contributed by atoms with E-state index in [1.807, 2.05) is 6.07 Å². The van der Waals surface area contributed by atoms with Gasteiger partial charge in [0.25, 0.3) is 0 Å². The maximum atomic E-state index is 12.4. The molecule has 8 heteroatoms. The summed E-state index contributed by atoms with van der Waals surface area (Å²) >= 11 is 1.32. The van der Waals surface area contributed by atoms with Gasteiger partial charge in [-0.3, -0.25) is 4.79 Å². The normalized spacial score (nSPS) is 14.2. The molecule has 0 bridgehead atoms. The van der Waals surface area contributed by atoms with Gasteiger partial charge in [0.15, 0.2) is 5.13 Å². The highest BCUT2D eigenvalue weighted by molar-refractivity contribution is 7.89. The maximum Gasteiger partial charge on any atom is 0.240 e. The zero-order valence-corrected chi connectivity index (χ0v) is 14.8. The average molecular weight is 365 g/mol. The lowest BCUT2D eigenvalue weighted by molar-refractivity contribution is -0.116. The Labute approximate surface area is 145 Å². The van der Waals surface area contributed by atoms with Crippen molar-refractivity contribution in [2.75, 3.05) is 11.9 Å². The molecule has 6 nitrogen and oxygen atoms in total. The van der Waals surface area contributed by atoms with E-state index in [0.717, 1.165) is 31.2 Å². The van der Waals surface area contributed by atoms with E-state index in [4.69, 9.17) is 0 Å². The van der Waals surface area contributed by atoms with Gasteiger partial charge in [0, 0.05) is 24.5 Å². The molecule has 1 heterocycles. The zero-order chi connectivity index (χ0) is 17.0. The van der Waals surface area contributed by atoms with Gasteiger partial charge in [-0.25, -0.2) is 18.1 Å². The van der Waals surface area contributed by atoms with Gasteiger partial charge in [0.1, 0.15) is 0 Å². The van der Waals surface area contributed by atoms with Gasteiger partial charge in [0.05, 0.1) is 4.90 Å². The lowest BCUT2D eigenvalue weighted by Crippen LogP contribution is -2.28. The van der Waals surface area contributed by atoms with Crippen molar-refractivity contribution in [2.24, 2.45) is 0 Å². The molecule has 128 valence electrons. The number of sulfonamides is 1. The predicted molar refractivity (Wildman–Crippen MR) is 93.6 cm³/mol. The van der Waals surface area contributed by atoms with Crippen molar-refractivity contribution in [1.29, 1.82) is 0 Å². The fraction of sp³-hybridized carbons (Fsp3) is 0.375. The average Bonchev–Trinajstić information content (AvgIpc) is 3.07. The third-order valence-corrected chi connectivity index (χ3v) is 6.10.